The average Bonchev–Trinajstić information content (AvgIpc) is 3.42. The third-order valence-corrected chi connectivity index (χ3v) is 6.72. The van der Waals surface area contributed by atoms with E-state index in [9.17, 15) is 0 Å². The summed E-state index contributed by atoms with van der Waals surface area (Å²) in [5.41, 5.74) is 1.41. The van der Waals surface area contributed by atoms with E-state index in [-0.39, 0.29) is 0 Å². The number of aliphatic imine (C=N–C) groups is 1. The first kappa shape index (κ1) is 21.6. The van der Waals surface area contributed by atoms with Gasteiger partial charge < -0.3 is 15.0 Å². The third kappa shape index (κ3) is 5.96. The molecule has 4 rings (SSSR count). The lowest BCUT2D eigenvalue weighted by Crippen LogP contribution is -2.43. The Balaban J connectivity index is 1.30. The summed E-state index contributed by atoms with van der Waals surface area (Å²) >= 11 is 0. The number of guanidine groups is 1. The van der Waals surface area contributed by atoms with Crippen molar-refractivity contribution < 1.29 is 4.74 Å². The number of hydrogen-bond acceptors (Lipinski definition) is 4. The molecule has 6 nitrogen and oxygen atoms in total. The van der Waals surface area contributed by atoms with Gasteiger partial charge in [-0.25, -0.2) is 0 Å². The molecule has 3 fully saturated rings. The van der Waals surface area contributed by atoms with E-state index in [0.29, 0.717) is 6.04 Å². The van der Waals surface area contributed by atoms with Crippen molar-refractivity contribution >= 4 is 5.96 Å². The standard InChI is InChI=1S/C24H39N5O/c1-2-25-24(29-12-10-22(20-29)18-27-13-15-30-16-14-27)26-17-23-9-6-11-28(23)19-21-7-4-3-5-8-21/h3-5,7-8,22-23H,2,6,9-20H2,1H3,(H,25,26). The van der Waals surface area contributed by atoms with Crippen molar-refractivity contribution in [3.63, 3.8) is 0 Å². The summed E-state index contributed by atoms with van der Waals surface area (Å²) < 4.78 is 5.50. The molecule has 0 radical (unpaired) electrons. The maximum atomic E-state index is 5.50. The molecular weight excluding hydrogens is 374 g/mol. The fourth-order valence-corrected chi connectivity index (χ4v) is 5.07. The van der Waals surface area contributed by atoms with Crippen LogP contribution in [0.3, 0.4) is 0 Å². The van der Waals surface area contributed by atoms with E-state index < -0.39 is 0 Å². The molecule has 0 aromatic heterocycles. The summed E-state index contributed by atoms with van der Waals surface area (Å²) in [6.07, 6.45) is 3.82. The van der Waals surface area contributed by atoms with Crippen LogP contribution in [0.15, 0.2) is 35.3 Å². The fourth-order valence-electron chi connectivity index (χ4n) is 5.07. The molecule has 6 heteroatoms. The zero-order valence-corrected chi connectivity index (χ0v) is 18.6. The van der Waals surface area contributed by atoms with Gasteiger partial charge in [0.15, 0.2) is 5.96 Å². The quantitative estimate of drug-likeness (QED) is 0.549. The molecule has 3 saturated heterocycles. The highest BCUT2D eigenvalue weighted by Crippen LogP contribution is 2.22. The lowest BCUT2D eigenvalue weighted by Gasteiger charge is -2.29. The lowest BCUT2D eigenvalue weighted by molar-refractivity contribution is 0.0315. The van der Waals surface area contributed by atoms with E-state index in [1.165, 1.54) is 37.9 Å². The van der Waals surface area contributed by atoms with Gasteiger partial charge in [-0.2, -0.15) is 0 Å². The van der Waals surface area contributed by atoms with Crippen LogP contribution in [-0.2, 0) is 11.3 Å². The molecule has 3 heterocycles. The smallest absolute Gasteiger partial charge is 0.193 e. The summed E-state index contributed by atoms with van der Waals surface area (Å²) in [6, 6.07) is 11.4. The maximum Gasteiger partial charge on any atom is 0.193 e. The topological polar surface area (TPSA) is 43.3 Å². The number of rotatable bonds is 7. The van der Waals surface area contributed by atoms with Crippen LogP contribution in [0.1, 0.15) is 31.7 Å². The van der Waals surface area contributed by atoms with Crippen LogP contribution in [0.5, 0.6) is 0 Å². The van der Waals surface area contributed by atoms with Crippen LogP contribution in [0.25, 0.3) is 0 Å². The Hall–Kier alpha value is -1.63. The molecule has 1 aromatic carbocycles. The predicted molar refractivity (Wildman–Crippen MR) is 123 cm³/mol. The Kier molecular flexibility index (Phi) is 8.01. The SMILES string of the molecule is CCNC(=NCC1CCCN1Cc1ccccc1)N1CCC(CN2CCOCC2)C1. The highest BCUT2D eigenvalue weighted by Gasteiger charge is 2.28. The van der Waals surface area contributed by atoms with Crippen LogP contribution in [0.2, 0.25) is 0 Å². The number of morpholine rings is 1. The highest BCUT2D eigenvalue weighted by molar-refractivity contribution is 5.80. The van der Waals surface area contributed by atoms with Crippen molar-refractivity contribution in [1.82, 2.24) is 20.0 Å². The van der Waals surface area contributed by atoms with Crippen molar-refractivity contribution in [2.24, 2.45) is 10.9 Å². The zero-order chi connectivity index (χ0) is 20.6. The third-order valence-electron chi connectivity index (χ3n) is 6.72. The van der Waals surface area contributed by atoms with Crippen molar-refractivity contribution in [2.45, 2.75) is 38.8 Å². The van der Waals surface area contributed by atoms with Crippen molar-refractivity contribution in [3.8, 4) is 0 Å². The van der Waals surface area contributed by atoms with E-state index >= 15 is 0 Å². The van der Waals surface area contributed by atoms with E-state index in [2.05, 4.69) is 57.3 Å². The van der Waals surface area contributed by atoms with Gasteiger partial charge in [0.2, 0.25) is 0 Å². The molecule has 166 valence electrons. The molecule has 0 aliphatic carbocycles. The van der Waals surface area contributed by atoms with Crippen molar-refractivity contribution in [2.75, 3.05) is 65.6 Å². The second kappa shape index (κ2) is 11.1. The summed E-state index contributed by atoms with van der Waals surface area (Å²) in [6.45, 7) is 13.7. The molecular formula is C24H39N5O. The van der Waals surface area contributed by atoms with Crippen molar-refractivity contribution in [1.29, 1.82) is 0 Å². The predicted octanol–water partition coefficient (Wildman–Crippen LogP) is 2.27. The zero-order valence-electron chi connectivity index (χ0n) is 18.6. The number of ether oxygens (including phenoxy) is 1. The number of nitrogens with one attached hydrogen (secondary N) is 1. The normalized spacial score (nSPS) is 26.4. The number of likely N-dealkylation sites (tertiary alicyclic amines) is 2. The maximum absolute atomic E-state index is 5.50. The van der Waals surface area contributed by atoms with E-state index in [4.69, 9.17) is 9.73 Å². The van der Waals surface area contributed by atoms with Gasteiger partial charge in [0, 0.05) is 51.9 Å². The van der Waals surface area contributed by atoms with Gasteiger partial charge in [-0.1, -0.05) is 30.3 Å². The van der Waals surface area contributed by atoms with Gasteiger partial charge in [-0.15, -0.1) is 0 Å². The summed E-state index contributed by atoms with van der Waals surface area (Å²) in [4.78, 5) is 12.8. The largest absolute Gasteiger partial charge is 0.379 e. The van der Waals surface area contributed by atoms with Gasteiger partial charge in [-0.05, 0) is 44.2 Å². The van der Waals surface area contributed by atoms with Crippen LogP contribution < -0.4 is 5.32 Å². The van der Waals surface area contributed by atoms with E-state index in [1.54, 1.807) is 0 Å². The summed E-state index contributed by atoms with van der Waals surface area (Å²) in [7, 11) is 0. The molecule has 3 aliphatic heterocycles. The number of nitrogens with zero attached hydrogens (tertiary/aromatic N) is 4. The van der Waals surface area contributed by atoms with Gasteiger partial charge >= 0.3 is 0 Å². The minimum atomic E-state index is 0.561. The lowest BCUT2D eigenvalue weighted by atomic mass is 10.1. The molecule has 30 heavy (non-hydrogen) atoms. The Morgan fingerprint density at radius 1 is 1.10 bits per heavy atom. The Bertz CT molecular complexity index is 661. The van der Waals surface area contributed by atoms with Gasteiger partial charge in [0.1, 0.15) is 0 Å². The summed E-state index contributed by atoms with van der Waals surface area (Å²) in [5.74, 6) is 1.86. The minimum Gasteiger partial charge on any atom is -0.379 e. The first-order valence-corrected chi connectivity index (χ1v) is 11.9. The van der Waals surface area contributed by atoms with Crippen LogP contribution in [-0.4, -0.2) is 92.3 Å². The Labute approximate surface area is 182 Å². The molecule has 1 aromatic rings. The Morgan fingerprint density at radius 2 is 1.93 bits per heavy atom. The molecule has 3 aliphatic rings. The monoisotopic (exact) mass is 413 g/mol. The van der Waals surface area contributed by atoms with Gasteiger partial charge in [0.05, 0.1) is 19.8 Å². The first-order valence-electron chi connectivity index (χ1n) is 11.9. The molecule has 0 saturated carbocycles. The number of benzene rings is 1. The minimum absolute atomic E-state index is 0.561. The molecule has 2 atom stereocenters. The molecule has 2 unspecified atom stereocenters. The van der Waals surface area contributed by atoms with Crippen LogP contribution >= 0.6 is 0 Å². The Morgan fingerprint density at radius 3 is 2.73 bits per heavy atom. The second-order valence-electron chi connectivity index (χ2n) is 8.96. The highest BCUT2D eigenvalue weighted by atomic mass is 16.5. The second-order valence-corrected chi connectivity index (χ2v) is 8.96. The van der Waals surface area contributed by atoms with Gasteiger partial charge in [0.25, 0.3) is 0 Å². The van der Waals surface area contributed by atoms with E-state index in [0.717, 1.165) is 70.9 Å². The van der Waals surface area contributed by atoms with Crippen LogP contribution in [0, 0.1) is 5.92 Å². The molecule has 0 bridgehead atoms. The van der Waals surface area contributed by atoms with Gasteiger partial charge in [-0.3, -0.25) is 14.8 Å². The average molecular weight is 414 g/mol. The van der Waals surface area contributed by atoms with Crippen molar-refractivity contribution in [3.05, 3.63) is 35.9 Å². The number of hydrogen-bond donors (Lipinski definition) is 1. The molecule has 1 N–H and O–H groups in total. The molecule has 0 amide bonds. The fraction of sp³-hybridized carbons (Fsp3) is 0.708. The molecule has 0 spiro atoms. The van der Waals surface area contributed by atoms with E-state index in [1.807, 2.05) is 0 Å². The summed E-state index contributed by atoms with van der Waals surface area (Å²) in [5, 5.41) is 3.56. The van der Waals surface area contributed by atoms with Crippen LogP contribution in [0.4, 0.5) is 0 Å². The first-order chi connectivity index (χ1) is 14.8.